The zero-order valence-corrected chi connectivity index (χ0v) is 20.3. The molecule has 0 aliphatic carbocycles. The third-order valence-electron chi connectivity index (χ3n) is 6.02. The van der Waals surface area contributed by atoms with E-state index in [0.717, 1.165) is 28.1 Å². The van der Waals surface area contributed by atoms with E-state index in [4.69, 9.17) is 9.47 Å². The minimum atomic E-state index is -1.10. The largest absolute Gasteiger partial charge is 0.497 e. The van der Waals surface area contributed by atoms with Crippen molar-refractivity contribution in [2.45, 2.75) is 31.6 Å². The highest BCUT2D eigenvalue weighted by Crippen LogP contribution is 2.26. The second-order valence-corrected chi connectivity index (χ2v) is 8.59. The Morgan fingerprint density at radius 3 is 1.97 bits per heavy atom. The van der Waals surface area contributed by atoms with Crippen molar-refractivity contribution in [1.82, 2.24) is 0 Å². The Morgan fingerprint density at radius 2 is 1.36 bits per heavy atom. The minimum Gasteiger partial charge on any atom is -0.497 e. The SMILES string of the molecule is COc1ccc(NC(C(=O)C(O)CCc2ccccc2)c2ccc(OCc3ccccc3)cc2)cc1. The highest BCUT2D eigenvalue weighted by Gasteiger charge is 2.27. The number of hydrogen-bond acceptors (Lipinski definition) is 5. The first-order chi connectivity index (χ1) is 17.6. The maximum atomic E-state index is 13.4. The number of hydrogen-bond donors (Lipinski definition) is 2. The average Bonchev–Trinajstić information content (AvgIpc) is 2.95. The summed E-state index contributed by atoms with van der Waals surface area (Å²) in [6, 6.07) is 33.9. The molecule has 0 aromatic heterocycles. The molecule has 0 saturated carbocycles. The second kappa shape index (κ2) is 12.6. The minimum absolute atomic E-state index is 0.278. The molecule has 0 aliphatic heterocycles. The molecule has 0 heterocycles. The predicted octanol–water partition coefficient (Wildman–Crippen LogP) is 5.99. The molecule has 2 N–H and O–H groups in total. The van der Waals surface area contributed by atoms with Crippen molar-refractivity contribution in [1.29, 1.82) is 0 Å². The van der Waals surface area contributed by atoms with Gasteiger partial charge in [0, 0.05) is 5.69 Å². The van der Waals surface area contributed by atoms with Gasteiger partial charge >= 0.3 is 0 Å². The molecule has 0 aliphatic rings. The van der Waals surface area contributed by atoms with E-state index in [1.807, 2.05) is 109 Å². The molecule has 0 fully saturated rings. The van der Waals surface area contributed by atoms with Crippen LogP contribution in [0.4, 0.5) is 5.69 Å². The van der Waals surface area contributed by atoms with Crippen LogP contribution in [0.3, 0.4) is 0 Å². The number of Topliss-reactive ketones (excluding diaryl/α,β-unsaturated/α-hetero) is 1. The lowest BCUT2D eigenvalue weighted by atomic mass is 9.95. The first-order valence-corrected chi connectivity index (χ1v) is 12.1. The van der Waals surface area contributed by atoms with Gasteiger partial charge in [-0.15, -0.1) is 0 Å². The zero-order chi connectivity index (χ0) is 25.2. The number of ether oxygens (including phenoxy) is 2. The van der Waals surface area contributed by atoms with Gasteiger partial charge in [0.25, 0.3) is 0 Å². The van der Waals surface area contributed by atoms with E-state index < -0.39 is 12.1 Å². The smallest absolute Gasteiger partial charge is 0.187 e. The summed E-state index contributed by atoms with van der Waals surface area (Å²) in [6.45, 7) is 0.463. The number of benzene rings is 4. The standard InChI is InChI=1S/C31H31NO4/c1-35-27-19-15-26(16-20-27)32-30(31(34)29(33)21-12-23-8-4-2-5-9-23)25-13-17-28(18-14-25)36-22-24-10-6-3-7-11-24/h2-11,13-20,29-30,32-33H,12,21-22H2,1H3. The number of carbonyl (C=O) groups is 1. The molecule has 0 saturated heterocycles. The molecule has 4 aromatic rings. The number of ketones is 1. The number of aliphatic hydroxyl groups excluding tert-OH is 1. The maximum absolute atomic E-state index is 13.4. The Labute approximate surface area is 212 Å². The van der Waals surface area contributed by atoms with E-state index in [2.05, 4.69) is 5.32 Å². The number of methoxy groups -OCH3 is 1. The number of aryl methyl sites for hydroxylation is 1. The topological polar surface area (TPSA) is 67.8 Å². The van der Waals surface area contributed by atoms with Crippen molar-refractivity contribution in [3.05, 3.63) is 126 Å². The fourth-order valence-electron chi connectivity index (χ4n) is 3.95. The van der Waals surface area contributed by atoms with Crippen molar-refractivity contribution >= 4 is 11.5 Å². The molecule has 4 aromatic carbocycles. The highest BCUT2D eigenvalue weighted by atomic mass is 16.5. The van der Waals surface area contributed by atoms with Crippen molar-refractivity contribution in [2.75, 3.05) is 12.4 Å². The molecule has 36 heavy (non-hydrogen) atoms. The van der Waals surface area contributed by atoms with Gasteiger partial charge in [-0.1, -0.05) is 72.8 Å². The molecule has 5 heteroatoms. The van der Waals surface area contributed by atoms with Gasteiger partial charge in [0.15, 0.2) is 5.78 Å². The molecule has 2 unspecified atom stereocenters. The summed E-state index contributed by atoms with van der Waals surface area (Å²) in [5.74, 6) is 1.16. The van der Waals surface area contributed by atoms with E-state index in [-0.39, 0.29) is 5.78 Å². The summed E-state index contributed by atoms with van der Waals surface area (Å²) in [4.78, 5) is 13.4. The molecular formula is C31H31NO4. The summed E-state index contributed by atoms with van der Waals surface area (Å²) < 4.78 is 11.1. The van der Waals surface area contributed by atoms with Gasteiger partial charge in [-0.05, 0) is 65.9 Å². The first kappa shape index (κ1) is 25.0. The third-order valence-corrected chi connectivity index (χ3v) is 6.02. The Balaban J connectivity index is 1.48. The molecule has 0 spiro atoms. The van der Waals surface area contributed by atoms with Crippen LogP contribution in [0.1, 0.15) is 29.2 Å². The maximum Gasteiger partial charge on any atom is 0.187 e. The number of carbonyl (C=O) groups excluding carboxylic acids is 1. The number of aliphatic hydroxyl groups is 1. The van der Waals surface area contributed by atoms with Gasteiger partial charge in [-0.25, -0.2) is 0 Å². The summed E-state index contributed by atoms with van der Waals surface area (Å²) in [5, 5.41) is 14.1. The van der Waals surface area contributed by atoms with Crippen molar-refractivity contribution in [3.63, 3.8) is 0 Å². The van der Waals surface area contributed by atoms with Crippen LogP contribution < -0.4 is 14.8 Å². The lowest BCUT2D eigenvalue weighted by molar-refractivity contribution is -0.128. The van der Waals surface area contributed by atoms with E-state index >= 15 is 0 Å². The normalized spacial score (nSPS) is 12.4. The van der Waals surface area contributed by atoms with Gasteiger partial charge in [0.2, 0.25) is 0 Å². The van der Waals surface area contributed by atoms with E-state index in [9.17, 15) is 9.90 Å². The summed E-state index contributed by atoms with van der Waals surface area (Å²) in [5.41, 5.74) is 3.68. The monoisotopic (exact) mass is 481 g/mol. The average molecular weight is 482 g/mol. The molecule has 4 rings (SSSR count). The Bertz CT molecular complexity index is 1210. The van der Waals surface area contributed by atoms with Crippen LogP contribution in [0.2, 0.25) is 0 Å². The fourth-order valence-corrected chi connectivity index (χ4v) is 3.95. The third kappa shape index (κ3) is 6.96. The van der Waals surface area contributed by atoms with Crippen LogP contribution in [0.25, 0.3) is 0 Å². The van der Waals surface area contributed by atoms with E-state index in [1.54, 1.807) is 7.11 Å². The Morgan fingerprint density at radius 1 is 0.778 bits per heavy atom. The summed E-state index contributed by atoms with van der Waals surface area (Å²) >= 11 is 0. The highest BCUT2D eigenvalue weighted by molar-refractivity contribution is 5.91. The van der Waals surface area contributed by atoms with Gasteiger partial charge in [-0.3, -0.25) is 4.79 Å². The first-order valence-electron chi connectivity index (χ1n) is 12.1. The number of anilines is 1. The van der Waals surface area contributed by atoms with Gasteiger partial charge in [0.05, 0.1) is 7.11 Å². The molecule has 0 bridgehead atoms. The molecule has 2 atom stereocenters. The summed E-state index contributed by atoms with van der Waals surface area (Å²) in [6.07, 6.45) is -0.132. The van der Waals surface area contributed by atoms with Crippen LogP contribution in [-0.2, 0) is 17.8 Å². The quantitative estimate of drug-likeness (QED) is 0.260. The van der Waals surface area contributed by atoms with Crippen LogP contribution >= 0.6 is 0 Å². The zero-order valence-electron chi connectivity index (χ0n) is 20.3. The summed E-state index contributed by atoms with van der Waals surface area (Å²) in [7, 11) is 1.61. The molecular weight excluding hydrogens is 450 g/mol. The lowest BCUT2D eigenvalue weighted by Gasteiger charge is -2.22. The molecule has 0 amide bonds. The van der Waals surface area contributed by atoms with E-state index in [1.165, 1.54) is 0 Å². The number of nitrogens with one attached hydrogen (secondary N) is 1. The van der Waals surface area contributed by atoms with Crippen molar-refractivity contribution < 1.29 is 19.4 Å². The van der Waals surface area contributed by atoms with Gasteiger partial charge < -0.3 is 19.9 Å². The van der Waals surface area contributed by atoms with E-state index in [0.29, 0.717) is 25.2 Å². The fraction of sp³-hybridized carbons (Fsp3) is 0.194. The van der Waals surface area contributed by atoms with Crippen molar-refractivity contribution in [2.24, 2.45) is 0 Å². The van der Waals surface area contributed by atoms with Crippen molar-refractivity contribution in [3.8, 4) is 11.5 Å². The Kier molecular flexibility index (Phi) is 8.73. The van der Waals surface area contributed by atoms with Gasteiger partial charge in [0.1, 0.15) is 30.3 Å². The molecule has 0 radical (unpaired) electrons. The lowest BCUT2D eigenvalue weighted by Crippen LogP contribution is -2.31. The second-order valence-electron chi connectivity index (χ2n) is 8.59. The van der Waals surface area contributed by atoms with Crippen LogP contribution in [0.15, 0.2) is 109 Å². The molecule has 184 valence electrons. The predicted molar refractivity (Wildman–Crippen MR) is 142 cm³/mol. The van der Waals surface area contributed by atoms with Crippen LogP contribution in [-0.4, -0.2) is 24.1 Å². The molecule has 5 nitrogen and oxygen atoms in total. The number of rotatable bonds is 12. The van der Waals surface area contributed by atoms with Crippen LogP contribution in [0.5, 0.6) is 11.5 Å². The Hall–Kier alpha value is -4.09. The van der Waals surface area contributed by atoms with Crippen LogP contribution in [0, 0.1) is 0 Å². The van der Waals surface area contributed by atoms with Gasteiger partial charge in [-0.2, -0.15) is 0 Å².